The SMILES string of the molecule is CCC1(C(=O)c2cccc(C)c2C)CCCC1. The third-order valence-electron chi connectivity index (χ3n) is 4.57. The van der Waals surface area contributed by atoms with Crippen LogP contribution >= 0.6 is 0 Å². The van der Waals surface area contributed by atoms with Gasteiger partial charge in [0.15, 0.2) is 5.78 Å². The van der Waals surface area contributed by atoms with E-state index in [2.05, 4.69) is 26.8 Å². The highest BCUT2D eigenvalue weighted by molar-refractivity contribution is 6.02. The molecular formula is C16H22O. The van der Waals surface area contributed by atoms with Crippen LogP contribution in [0.1, 0.15) is 60.5 Å². The fourth-order valence-corrected chi connectivity index (χ4v) is 3.08. The monoisotopic (exact) mass is 230 g/mol. The fraction of sp³-hybridized carbons (Fsp3) is 0.562. The van der Waals surface area contributed by atoms with Gasteiger partial charge in [0.1, 0.15) is 0 Å². The van der Waals surface area contributed by atoms with Gasteiger partial charge in [0.05, 0.1) is 0 Å². The molecule has 1 fully saturated rings. The number of hydrogen-bond donors (Lipinski definition) is 0. The normalized spacial score (nSPS) is 18.3. The second kappa shape index (κ2) is 4.64. The van der Waals surface area contributed by atoms with E-state index < -0.39 is 0 Å². The molecule has 2 rings (SSSR count). The van der Waals surface area contributed by atoms with Gasteiger partial charge in [-0.05, 0) is 44.2 Å². The van der Waals surface area contributed by atoms with Crippen molar-refractivity contribution in [2.45, 2.75) is 52.9 Å². The molecule has 0 unspecified atom stereocenters. The average Bonchev–Trinajstić information content (AvgIpc) is 2.82. The summed E-state index contributed by atoms with van der Waals surface area (Å²) < 4.78 is 0. The smallest absolute Gasteiger partial charge is 0.169 e. The molecule has 0 amide bonds. The van der Waals surface area contributed by atoms with Crippen molar-refractivity contribution in [1.29, 1.82) is 0 Å². The number of aryl methyl sites for hydroxylation is 1. The molecule has 92 valence electrons. The van der Waals surface area contributed by atoms with Crippen molar-refractivity contribution >= 4 is 5.78 Å². The first-order valence-corrected chi connectivity index (χ1v) is 6.72. The largest absolute Gasteiger partial charge is 0.294 e. The summed E-state index contributed by atoms with van der Waals surface area (Å²) in [5, 5.41) is 0. The van der Waals surface area contributed by atoms with Crippen molar-refractivity contribution in [2.24, 2.45) is 5.41 Å². The van der Waals surface area contributed by atoms with E-state index in [0.717, 1.165) is 30.4 Å². The Morgan fingerprint density at radius 3 is 2.47 bits per heavy atom. The molecule has 17 heavy (non-hydrogen) atoms. The predicted molar refractivity (Wildman–Crippen MR) is 71.4 cm³/mol. The molecule has 0 bridgehead atoms. The number of rotatable bonds is 3. The van der Waals surface area contributed by atoms with Crippen LogP contribution in [0.3, 0.4) is 0 Å². The maximum absolute atomic E-state index is 12.8. The fourth-order valence-electron chi connectivity index (χ4n) is 3.08. The Bertz CT molecular complexity index is 425. The zero-order valence-corrected chi connectivity index (χ0v) is 11.2. The first kappa shape index (κ1) is 12.3. The molecule has 1 heteroatoms. The lowest BCUT2D eigenvalue weighted by Crippen LogP contribution is -2.28. The van der Waals surface area contributed by atoms with Gasteiger partial charge in [0.2, 0.25) is 0 Å². The molecule has 1 aliphatic rings. The van der Waals surface area contributed by atoms with Crippen molar-refractivity contribution in [3.63, 3.8) is 0 Å². The summed E-state index contributed by atoms with van der Waals surface area (Å²) in [6.45, 7) is 6.31. The van der Waals surface area contributed by atoms with Crippen molar-refractivity contribution in [3.05, 3.63) is 34.9 Å². The maximum atomic E-state index is 12.8. The molecule has 1 aliphatic carbocycles. The van der Waals surface area contributed by atoms with E-state index in [4.69, 9.17) is 0 Å². The van der Waals surface area contributed by atoms with E-state index >= 15 is 0 Å². The molecule has 1 aromatic carbocycles. The molecule has 0 radical (unpaired) electrons. The summed E-state index contributed by atoms with van der Waals surface area (Å²) in [5.74, 6) is 0.388. The summed E-state index contributed by atoms with van der Waals surface area (Å²) >= 11 is 0. The van der Waals surface area contributed by atoms with Gasteiger partial charge in [-0.1, -0.05) is 38.0 Å². The van der Waals surface area contributed by atoms with E-state index in [1.165, 1.54) is 18.4 Å². The third-order valence-corrected chi connectivity index (χ3v) is 4.57. The molecular weight excluding hydrogens is 208 g/mol. The summed E-state index contributed by atoms with van der Waals surface area (Å²) in [5.41, 5.74) is 3.28. The molecule has 0 aromatic heterocycles. The van der Waals surface area contributed by atoms with E-state index in [1.807, 2.05) is 12.1 Å². The van der Waals surface area contributed by atoms with Crippen molar-refractivity contribution < 1.29 is 4.79 Å². The Morgan fingerprint density at radius 1 is 1.24 bits per heavy atom. The average molecular weight is 230 g/mol. The van der Waals surface area contributed by atoms with Gasteiger partial charge in [-0.15, -0.1) is 0 Å². The van der Waals surface area contributed by atoms with E-state index in [1.54, 1.807) is 0 Å². The summed E-state index contributed by atoms with van der Waals surface area (Å²) in [6.07, 6.45) is 5.57. The summed E-state index contributed by atoms with van der Waals surface area (Å²) in [4.78, 5) is 12.8. The first-order valence-electron chi connectivity index (χ1n) is 6.72. The number of carbonyl (C=O) groups excluding carboxylic acids is 1. The molecule has 0 atom stereocenters. The molecule has 1 aromatic rings. The highest BCUT2D eigenvalue weighted by atomic mass is 16.1. The highest BCUT2D eigenvalue weighted by Gasteiger charge is 2.40. The molecule has 1 saturated carbocycles. The molecule has 1 nitrogen and oxygen atoms in total. The van der Waals surface area contributed by atoms with Crippen LogP contribution in [0.25, 0.3) is 0 Å². The summed E-state index contributed by atoms with van der Waals surface area (Å²) in [6, 6.07) is 6.09. The Morgan fingerprint density at radius 2 is 1.88 bits per heavy atom. The lowest BCUT2D eigenvalue weighted by molar-refractivity contribution is 0.0790. The first-order chi connectivity index (χ1) is 8.10. The Hall–Kier alpha value is -1.11. The van der Waals surface area contributed by atoms with Crippen LogP contribution in [0.15, 0.2) is 18.2 Å². The van der Waals surface area contributed by atoms with Gasteiger partial charge < -0.3 is 0 Å². The van der Waals surface area contributed by atoms with Gasteiger partial charge in [-0.2, -0.15) is 0 Å². The molecule has 0 N–H and O–H groups in total. The van der Waals surface area contributed by atoms with Crippen LogP contribution in [-0.4, -0.2) is 5.78 Å². The van der Waals surface area contributed by atoms with E-state index in [9.17, 15) is 4.79 Å². The standard InChI is InChI=1S/C16H22O/c1-4-16(10-5-6-11-16)15(17)14-9-7-8-12(2)13(14)3/h7-9H,4-6,10-11H2,1-3H3. The van der Waals surface area contributed by atoms with Gasteiger partial charge in [-0.3, -0.25) is 4.79 Å². The number of carbonyl (C=O) groups is 1. The van der Waals surface area contributed by atoms with Gasteiger partial charge in [-0.25, -0.2) is 0 Å². The van der Waals surface area contributed by atoms with Crippen LogP contribution < -0.4 is 0 Å². The predicted octanol–water partition coefficient (Wildman–Crippen LogP) is 4.46. The summed E-state index contributed by atoms with van der Waals surface area (Å²) in [7, 11) is 0. The van der Waals surface area contributed by atoms with Crippen LogP contribution in [0.5, 0.6) is 0 Å². The Kier molecular flexibility index (Phi) is 3.37. The van der Waals surface area contributed by atoms with E-state index in [-0.39, 0.29) is 5.41 Å². The lowest BCUT2D eigenvalue weighted by atomic mass is 9.75. The van der Waals surface area contributed by atoms with Gasteiger partial charge in [0, 0.05) is 11.0 Å². The van der Waals surface area contributed by atoms with Crippen molar-refractivity contribution in [2.75, 3.05) is 0 Å². The molecule has 0 heterocycles. The topological polar surface area (TPSA) is 17.1 Å². The van der Waals surface area contributed by atoms with E-state index in [0.29, 0.717) is 5.78 Å². The lowest BCUT2D eigenvalue weighted by Gasteiger charge is -2.26. The maximum Gasteiger partial charge on any atom is 0.169 e. The minimum absolute atomic E-state index is 0.0570. The van der Waals surface area contributed by atoms with Crippen LogP contribution in [0.2, 0.25) is 0 Å². The second-order valence-electron chi connectivity index (χ2n) is 5.42. The third kappa shape index (κ3) is 2.03. The number of Topliss-reactive ketones (excluding diaryl/α,β-unsaturated/α-hetero) is 1. The highest BCUT2D eigenvalue weighted by Crippen LogP contribution is 2.44. The number of hydrogen-bond acceptors (Lipinski definition) is 1. The zero-order valence-electron chi connectivity index (χ0n) is 11.2. The minimum atomic E-state index is -0.0570. The number of ketones is 1. The van der Waals surface area contributed by atoms with Crippen LogP contribution in [0, 0.1) is 19.3 Å². The Labute approximate surface area is 104 Å². The molecule has 0 aliphatic heterocycles. The Balaban J connectivity index is 2.39. The minimum Gasteiger partial charge on any atom is -0.294 e. The van der Waals surface area contributed by atoms with Gasteiger partial charge >= 0.3 is 0 Å². The quantitative estimate of drug-likeness (QED) is 0.701. The second-order valence-corrected chi connectivity index (χ2v) is 5.42. The number of benzene rings is 1. The van der Waals surface area contributed by atoms with Crippen LogP contribution in [0.4, 0.5) is 0 Å². The van der Waals surface area contributed by atoms with Crippen molar-refractivity contribution in [1.82, 2.24) is 0 Å². The van der Waals surface area contributed by atoms with Crippen molar-refractivity contribution in [3.8, 4) is 0 Å². The molecule has 0 spiro atoms. The van der Waals surface area contributed by atoms with Gasteiger partial charge in [0.25, 0.3) is 0 Å². The van der Waals surface area contributed by atoms with Crippen LogP contribution in [-0.2, 0) is 0 Å². The molecule has 0 saturated heterocycles. The zero-order chi connectivity index (χ0) is 12.5.